The number of Topliss-reactive ketones (excluding diaryl/α,β-unsaturated/α-hetero) is 1. The van der Waals surface area contributed by atoms with Crippen LogP contribution in [0.4, 0.5) is 10.1 Å². The van der Waals surface area contributed by atoms with E-state index in [-0.39, 0.29) is 28.6 Å². The van der Waals surface area contributed by atoms with Gasteiger partial charge in [-0.15, -0.1) is 0 Å². The molecule has 0 spiro atoms. The number of hydrogen-bond donors (Lipinski definition) is 1. The van der Waals surface area contributed by atoms with Crippen molar-refractivity contribution in [3.8, 4) is 5.75 Å². The van der Waals surface area contributed by atoms with Crippen molar-refractivity contribution >= 4 is 34.1 Å². The summed E-state index contributed by atoms with van der Waals surface area (Å²) in [7, 11) is 1.34. The molecule has 1 amide bonds. The normalized spacial score (nSPS) is 14.4. The first-order valence-electron chi connectivity index (χ1n) is 5.61. The minimum atomic E-state index is -0.660. The molecule has 1 aliphatic heterocycles. The molecular formula is C13H10ClFN2O3. The molecule has 0 radical (unpaired) electrons. The molecule has 0 fully saturated rings. The number of nitrogens with zero attached hydrogens (tertiary/aromatic N) is 1. The number of rotatable bonds is 3. The number of aliphatic imine (C=N–C) groups is 1. The first kappa shape index (κ1) is 14.2. The molecule has 1 aromatic carbocycles. The van der Waals surface area contributed by atoms with Gasteiger partial charge in [0.25, 0.3) is 5.91 Å². The maximum atomic E-state index is 13.5. The molecule has 0 aromatic heterocycles. The van der Waals surface area contributed by atoms with Crippen molar-refractivity contribution in [2.75, 3.05) is 12.4 Å². The van der Waals surface area contributed by atoms with E-state index >= 15 is 0 Å². The monoisotopic (exact) mass is 296 g/mol. The molecule has 1 heterocycles. The highest BCUT2D eigenvalue weighted by atomic mass is 35.5. The van der Waals surface area contributed by atoms with Gasteiger partial charge in [0.15, 0.2) is 17.3 Å². The zero-order chi connectivity index (χ0) is 14.7. The Kier molecular flexibility index (Phi) is 4.14. The van der Waals surface area contributed by atoms with Gasteiger partial charge in [0.2, 0.25) is 0 Å². The van der Waals surface area contributed by atoms with Crippen LogP contribution in [0.15, 0.2) is 35.0 Å². The fourth-order valence-corrected chi connectivity index (χ4v) is 1.78. The van der Waals surface area contributed by atoms with E-state index in [1.165, 1.54) is 19.2 Å². The van der Waals surface area contributed by atoms with Crippen molar-refractivity contribution in [1.82, 2.24) is 0 Å². The molecule has 7 heteroatoms. The zero-order valence-corrected chi connectivity index (χ0v) is 11.2. The molecule has 1 aromatic rings. The van der Waals surface area contributed by atoms with Gasteiger partial charge in [0.1, 0.15) is 10.7 Å². The second-order valence-electron chi connectivity index (χ2n) is 3.95. The molecule has 0 bridgehead atoms. The third kappa shape index (κ3) is 3.03. The van der Waals surface area contributed by atoms with Crippen LogP contribution in [0, 0.1) is 5.82 Å². The first-order valence-corrected chi connectivity index (χ1v) is 5.99. The Morgan fingerprint density at radius 1 is 1.50 bits per heavy atom. The molecule has 0 aliphatic carbocycles. The number of carbonyl (C=O) groups excluding carboxylic acids is 2. The molecule has 0 atom stereocenters. The molecule has 1 N–H and O–H groups in total. The van der Waals surface area contributed by atoms with E-state index in [1.54, 1.807) is 0 Å². The zero-order valence-electron chi connectivity index (χ0n) is 10.4. The third-order valence-electron chi connectivity index (χ3n) is 2.59. The lowest BCUT2D eigenvalue weighted by molar-refractivity contribution is -0.119. The predicted octanol–water partition coefficient (Wildman–Crippen LogP) is 2.27. The lowest BCUT2D eigenvalue weighted by Crippen LogP contribution is -2.23. The minimum absolute atomic E-state index is 0.0624. The molecule has 2 rings (SSSR count). The van der Waals surface area contributed by atoms with Crippen LogP contribution < -0.4 is 10.1 Å². The molecule has 0 saturated heterocycles. The number of methoxy groups -OCH3 is 1. The topological polar surface area (TPSA) is 67.8 Å². The molecule has 0 unspecified atom stereocenters. The number of carbonyl (C=O) groups is 2. The first-order chi connectivity index (χ1) is 9.51. The van der Waals surface area contributed by atoms with Crippen molar-refractivity contribution in [2.24, 2.45) is 4.99 Å². The van der Waals surface area contributed by atoms with Gasteiger partial charge in [0, 0.05) is 18.0 Å². The number of halogens is 2. The highest BCUT2D eigenvalue weighted by Crippen LogP contribution is 2.21. The van der Waals surface area contributed by atoms with Crippen LogP contribution in [-0.2, 0) is 9.59 Å². The van der Waals surface area contributed by atoms with E-state index in [9.17, 15) is 14.0 Å². The lowest BCUT2D eigenvalue weighted by Gasteiger charge is -2.10. The number of benzene rings is 1. The number of nitrogens with one attached hydrogen (secondary N) is 1. The van der Waals surface area contributed by atoms with Crippen molar-refractivity contribution < 1.29 is 18.7 Å². The Balaban J connectivity index is 2.16. The maximum absolute atomic E-state index is 13.5. The fraction of sp³-hybridized carbons (Fsp3) is 0.154. The summed E-state index contributed by atoms with van der Waals surface area (Å²) >= 11 is 5.59. The molecule has 20 heavy (non-hydrogen) atoms. The van der Waals surface area contributed by atoms with E-state index in [1.807, 2.05) is 0 Å². The molecule has 5 nitrogen and oxygen atoms in total. The quantitative estimate of drug-likeness (QED) is 0.870. The van der Waals surface area contributed by atoms with Crippen LogP contribution in [0.25, 0.3) is 0 Å². The standard InChI is InChI=1S/C13H10ClFN2O3/c1-20-11-3-2-7(4-9(11)15)17-13(19)8-6-16-12(14)5-10(8)18/h2-4,6H,5H2,1H3,(H,17,19). The average Bonchev–Trinajstić information content (AvgIpc) is 2.38. The number of ether oxygens (including phenoxy) is 1. The summed E-state index contributed by atoms with van der Waals surface area (Å²) in [6.07, 6.45) is 0.987. The summed E-state index contributed by atoms with van der Waals surface area (Å²) < 4.78 is 18.2. The van der Waals surface area contributed by atoms with Crippen LogP contribution in [0.3, 0.4) is 0 Å². The van der Waals surface area contributed by atoms with Gasteiger partial charge >= 0.3 is 0 Å². The van der Waals surface area contributed by atoms with E-state index in [4.69, 9.17) is 16.3 Å². The SMILES string of the molecule is COc1ccc(NC(=O)C2=CN=C(Cl)CC2=O)cc1F. The largest absolute Gasteiger partial charge is 0.494 e. The number of hydrogen-bond acceptors (Lipinski definition) is 4. The van der Waals surface area contributed by atoms with Crippen LogP contribution in [0.2, 0.25) is 0 Å². The summed E-state index contributed by atoms with van der Waals surface area (Å²) in [6.45, 7) is 0. The summed E-state index contributed by atoms with van der Waals surface area (Å²) in [6, 6.07) is 3.93. The Bertz CT molecular complexity index is 641. The van der Waals surface area contributed by atoms with Crippen molar-refractivity contribution in [2.45, 2.75) is 6.42 Å². The van der Waals surface area contributed by atoms with Crippen molar-refractivity contribution in [3.05, 3.63) is 35.8 Å². The van der Waals surface area contributed by atoms with Crippen LogP contribution >= 0.6 is 11.6 Å². The Labute approximate surface area is 119 Å². The Hall–Kier alpha value is -2.21. The molecule has 104 valence electrons. The Morgan fingerprint density at radius 3 is 2.85 bits per heavy atom. The van der Waals surface area contributed by atoms with Crippen LogP contribution in [-0.4, -0.2) is 24.0 Å². The molecular weight excluding hydrogens is 287 g/mol. The number of anilines is 1. The summed E-state index contributed by atoms with van der Waals surface area (Å²) in [4.78, 5) is 27.2. The molecule has 0 saturated carbocycles. The van der Waals surface area contributed by atoms with Crippen molar-refractivity contribution in [1.29, 1.82) is 0 Å². The second-order valence-corrected chi connectivity index (χ2v) is 4.39. The minimum Gasteiger partial charge on any atom is -0.494 e. The lowest BCUT2D eigenvalue weighted by atomic mass is 10.1. The van der Waals surface area contributed by atoms with Gasteiger partial charge in [0.05, 0.1) is 13.5 Å². The smallest absolute Gasteiger partial charge is 0.260 e. The van der Waals surface area contributed by atoms with E-state index < -0.39 is 17.5 Å². The fourth-order valence-electron chi connectivity index (χ4n) is 1.61. The van der Waals surface area contributed by atoms with Crippen molar-refractivity contribution in [3.63, 3.8) is 0 Å². The Morgan fingerprint density at radius 2 is 2.25 bits per heavy atom. The van der Waals surface area contributed by atoms with Crippen LogP contribution in [0.5, 0.6) is 5.75 Å². The summed E-state index contributed by atoms with van der Waals surface area (Å²) in [5.74, 6) is -1.65. The molecule has 1 aliphatic rings. The van der Waals surface area contributed by atoms with E-state index in [2.05, 4.69) is 10.3 Å². The van der Waals surface area contributed by atoms with Gasteiger partial charge in [-0.2, -0.15) is 0 Å². The van der Waals surface area contributed by atoms with Gasteiger partial charge in [-0.1, -0.05) is 11.6 Å². The average molecular weight is 297 g/mol. The summed E-state index contributed by atoms with van der Waals surface area (Å²) in [5, 5.41) is 2.54. The third-order valence-corrected chi connectivity index (χ3v) is 2.83. The van der Waals surface area contributed by atoms with E-state index in [0.717, 1.165) is 12.3 Å². The van der Waals surface area contributed by atoms with Gasteiger partial charge in [-0.3, -0.25) is 9.59 Å². The number of ketones is 1. The van der Waals surface area contributed by atoms with Gasteiger partial charge in [-0.25, -0.2) is 9.38 Å². The van der Waals surface area contributed by atoms with Gasteiger partial charge < -0.3 is 10.1 Å². The van der Waals surface area contributed by atoms with Crippen LogP contribution in [0.1, 0.15) is 6.42 Å². The highest BCUT2D eigenvalue weighted by molar-refractivity contribution is 6.67. The second kappa shape index (κ2) is 5.83. The number of amides is 1. The van der Waals surface area contributed by atoms with Gasteiger partial charge in [-0.05, 0) is 12.1 Å². The summed E-state index contributed by atoms with van der Waals surface area (Å²) in [5.41, 5.74) is 0.0910. The predicted molar refractivity (Wildman–Crippen MR) is 72.6 cm³/mol. The highest BCUT2D eigenvalue weighted by Gasteiger charge is 2.22. The van der Waals surface area contributed by atoms with E-state index in [0.29, 0.717) is 0 Å². The maximum Gasteiger partial charge on any atom is 0.260 e.